The highest BCUT2D eigenvalue weighted by molar-refractivity contribution is 5.81. The van der Waals surface area contributed by atoms with E-state index in [1.165, 1.54) is 6.20 Å². The van der Waals surface area contributed by atoms with Crippen LogP contribution in [0.25, 0.3) is 5.57 Å². The van der Waals surface area contributed by atoms with Crippen molar-refractivity contribution in [1.29, 1.82) is 0 Å². The number of nitrogens with zero attached hydrogens (tertiary/aromatic N) is 2. The van der Waals surface area contributed by atoms with Crippen LogP contribution in [-0.4, -0.2) is 17.7 Å². The Bertz CT molecular complexity index is 481. The fourth-order valence-corrected chi connectivity index (χ4v) is 1.94. The Hall–Kier alpha value is -1.51. The van der Waals surface area contributed by atoms with Crippen LogP contribution in [0, 0.1) is 5.82 Å². The molecule has 0 spiro atoms. The van der Waals surface area contributed by atoms with Gasteiger partial charge in [-0.25, -0.2) is 4.39 Å². The maximum Gasteiger partial charge on any atom is 0.141 e. The van der Waals surface area contributed by atoms with E-state index in [2.05, 4.69) is 36.8 Å². The largest absolute Gasteiger partial charge is 0.293 e. The number of pyridine rings is 1. The summed E-state index contributed by atoms with van der Waals surface area (Å²) in [5.41, 5.74) is 2.90. The summed E-state index contributed by atoms with van der Waals surface area (Å²) in [6.45, 7) is 6.91. The Balaban J connectivity index is 2.50. The molecule has 2 nitrogen and oxygen atoms in total. The Morgan fingerprint density at radius 2 is 2.06 bits per heavy atom. The van der Waals surface area contributed by atoms with Crippen LogP contribution in [0.15, 0.2) is 23.3 Å². The topological polar surface area (TPSA) is 25.2 Å². The van der Waals surface area contributed by atoms with Crippen LogP contribution >= 0.6 is 0 Å². The van der Waals surface area contributed by atoms with E-state index < -0.39 is 0 Å². The summed E-state index contributed by atoms with van der Waals surface area (Å²) in [6.07, 6.45) is 6.03. The second-order valence-electron chi connectivity index (χ2n) is 5.28. The van der Waals surface area contributed by atoms with E-state index in [-0.39, 0.29) is 11.2 Å². The first-order valence-corrected chi connectivity index (χ1v) is 5.82. The lowest BCUT2D eigenvalue weighted by Crippen LogP contribution is -2.16. The average Bonchev–Trinajstić information content (AvgIpc) is 2.29. The van der Waals surface area contributed by atoms with E-state index in [1.54, 1.807) is 6.07 Å². The number of aliphatic imine (C=N–C) groups is 1. The molecule has 0 aromatic carbocycles. The van der Waals surface area contributed by atoms with Crippen molar-refractivity contribution in [3.05, 3.63) is 35.4 Å². The molecule has 1 aromatic heterocycles. The van der Waals surface area contributed by atoms with Crippen molar-refractivity contribution in [1.82, 2.24) is 4.98 Å². The third-order valence-corrected chi connectivity index (χ3v) is 2.85. The monoisotopic (exact) mass is 232 g/mol. The summed E-state index contributed by atoms with van der Waals surface area (Å²) in [5, 5.41) is 0. The molecule has 0 N–H and O–H groups in total. The van der Waals surface area contributed by atoms with Crippen LogP contribution in [0.3, 0.4) is 0 Å². The number of allylic oxidation sites excluding steroid dienone is 1. The summed E-state index contributed by atoms with van der Waals surface area (Å²) in [7, 11) is 0. The lowest BCUT2D eigenvalue weighted by molar-refractivity contribution is 0.563. The van der Waals surface area contributed by atoms with Crippen LogP contribution < -0.4 is 0 Å². The van der Waals surface area contributed by atoms with Gasteiger partial charge in [0.2, 0.25) is 0 Å². The van der Waals surface area contributed by atoms with Crippen LogP contribution in [0.5, 0.6) is 0 Å². The van der Waals surface area contributed by atoms with Gasteiger partial charge < -0.3 is 0 Å². The number of dihydropyridines is 1. The number of aromatic nitrogens is 1. The normalized spacial score (nSPS) is 15.9. The number of hydrogen-bond acceptors (Lipinski definition) is 2. The molecule has 2 rings (SSSR count). The summed E-state index contributed by atoms with van der Waals surface area (Å²) < 4.78 is 13.3. The molecule has 1 aliphatic heterocycles. The molecule has 1 aliphatic rings. The van der Waals surface area contributed by atoms with Crippen molar-refractivity contribution in [2.45, 2.75) is 32.6 Å². The van der Waals surface area contributed by atoms with Crippen molar-refractivity contribution in [3.8, 4) is 0 Å². The molecule has 0 saturated heterocycles. The first-order chi connectivity index (χ1) is 7.98. The van der Waals surface area contributed by atoms with E-state index in [9.17, 15) is 4.39 Å². The van der Waals surface area contributed by atoms with E-state index in [4.69, 9.17) is 0 Å². The zero-order valence-corrected chi connectivity index (χ0v) is 10.5. The highest BCUT2D eigenvalue weighted by Gasteiger charge is 2.21. The van der Waals surface area contributed by atoms with Gasteiger partial charge in [-0.05, 0) is 22.6 Å². The second-order valence-corrected chi connectivity index (χ2v) is 5.28. The standard InChI is InChI=1S/C14H17FN2/c1-14(2,3)12-8-11(15)9-17-13(12)10-4-6-16-7-5-10/h4,7-9H,5-6H2,1-3H3. The average molecular weight is 232 g/mol. The molecule has 2 heterocycles. The van der Waals surface area contributed by atoms with Crippen molar-refractivity contribution in [2.24, 2.45) is 4.99 Å². The SMILES string of the molecule is CC(C)(C)c1cc(F)cnc1C1=CCN=CC1. The van der Waals surface area contributed by atoms with Crippen molar-refractivity contribution >= 4 is 11.8 Å². The Kier molecular flexibility index (Phi) is 3.09. The van der Waals surface area contributed by atoms with Gasteiger partial charge >= 0.3 is 0 Å². The fraction of sp³-hybridized carbons (Fsp3) is 0.429. The third kappa shape index (κ3) is 2.60. The number of halogens is 1. The minimum Gasteiger partial charge on any atom is -0.293 e. The van der Waals surface area contributed by atoms with Crippen LogP contribution in [0.1, 0.15) is 38.4 Å². The fourth-order valence-electron chi connectivity index (χ4n) is 1.94. The highest BCUT2D eigenvalue weighted by atomic mass is 19.1. The van der Waals surface area contributed by atoms with Crippen LogP contribution in [-0.2, 0) is 5.41 Å². The van der Waals surface area contributed by atoms with Crippen molar-refractivity contribution in [2.75, 3.05) is 6.54 Å². The third-order valence-electron chi connectivity index (χ3n) is 2.85. The van der Waals surface area contributed by atoms with Gasteiger partial charge in [-0.1, -0.05) is 26.8 Å². The Morgan fingerprint density at radius 3 is 2.65 bits per heavy atom. The zero-order chi connectivity index (χ0) is 12.5. The molecule has 0 fully saturated rings. The molecule has 0 unspecified atom stereocenters. The van der Waals surface area contributed by atoms with E-state index in [1.807, 2.05) is 6.21 Å². The summed E-state index contributed by atoms with van der Waals surface area (Å²) in [5.74, 6) is -0.274. The smallest absolute Gasteiger partial charge is 0.141 e. The van der Waals surface area contributed by atoms with E-state index >= 15 is 0 Å². The van der Waals surface area contributed by atoms with Gasteiger partial charge in [0.1, 0.15) is 5.82 Å². The lowest BCUT2D eigenvalue weighted by atomic mass is 9.83. The molecule has 1 aromatic rings. The van der Waals surface area contributed by atoms with Gasteiger partial charge in [0.25, 0.3) is 0 Å². The van der Waals surface area contributed by atoms with E-state index in [0.717, 1.165) is 23.3 Å². The predicted molar refractivity (Wildman–Crippen MR) is 68.8 cm³/mol. The van der Waals surface area contributed by atoms with E-state index in [0.29, 0.717) is 6.54 Å². The summed E-state index contributed by atoms with van der Waals surface area (Å²) in [6, 6.07) is 1.59. The minimum absolute atomic E-state index is 0.111. The van der Waals surface area contributed by atoms with Gasteiger partial charge in [-0.15, -0.1) is 0 Å². The molecular formula is C14H17FN2. The molecule has 0 aliphatic carbocycles. The number of hydrogen-bond donors (Lipinski definition) is 0. The molecule has 3 heteroatoms. The Morgan fingerprint density at radius 1 is 1.29 bits per heavy atom. The van der Waals surface area contributed by atoms with Gasteiger partial charge in [0.15, 0.2) is 0 Å². The first-order valence-electron chi connectivity index (χ1n) is 5.82. The summed E-state index contributed by atoms with van der Waals surface area (Å²) in [4.78, 5) is 8.42. The maximum absolute atomic E-state index is 13.3. The molecule has 0 radical (unpaired) electrons. The molecule has 90 valence electrons. The first kappa shape index (κ1) is 12.0. The van der Waals surface area contributed by atoms with Gasteiger partial charge in [-0.3, -0.25) is 9.98 Å². The minimum atomic E-state index is -0.274. The van der Waals surface area contributed by atoms with Crippen LogP contribution in [0.4, 0.5) is 4.39 Å². The van der Waals surface area contributed by atoms with Crippen molar-refractivity contribution in [3.63, 3.8) is 0 Å². The highest BCUT2D eigenvalue weighted by Crippen LogP contribution is 2.30. The molecule has 0 atom stereocenters. The molecule has 0 amide bonds. The second kappa shape index (κ2) is 4.40. The predicted octanol–water partition coefficient (Wildman–Crippen LogP) is 3.38. The van der Waals surface area contributed by atoms with Gasteiger partial charge in [-0.2, -0.15) is 0 Å². The maximum atomic E-state index is 13.3. The quantitative estimate of drug-likeness (QED) is 0.728. The van der Waals surface area contributed by atoms with Gasteiger partial charge in [0, 0.05) is 12.6 Å². The van der Waals surface area contributed by atoms with Gasteiger partial charge in [0.05, 0.1) is 18.4 Å². The molecular weight excluding hydrogens is 215 g/mol. The van der Waals surface area contributed by atoms with Crippen molar-refractivity contribution < 1.29 is 4.39 Å². The molecule has 17 heavy (non-hydrogen) atoms. The molecule has 0 bridgehead atoms. The lowest BCUT2D eigenvalue weighted by Gasteiger charge is -2.23. The summed E-state index contributed by atoms with van der Waals surface area (Å²) >= 11 is 0. The number of rotatable bonds is 1. The molecule has 0 saturated carbocycles. The zero-order valence-electron chi connectivity index (χ0n) is 10.5. The van der Waals surface area contributed by atoms with Crippen LogP contribution in [0.2, 0.25) is 0 Å². The Labute approximate surface area is 101 Å².